The standard InChI is InChI=1S/C19H23N5O3/c1-14(25)21-16-9-11-23(13-16)19(27)20-10-12-24-18(26)8-7-17(22-24)15-5-3-2-4-6-15/h2-8,16H,9-13H2,1H3,(H,20,27)(H,21,25)/t16-/m1/s1. The minimum atomic E-state index is -0.212. The highest BCUT2D eigenvalue weighted by Crippen LogP contribution is 2.14. The van der Waals surface area contributed by atoms with Crippen molar-refractivity contribution in [2.24, 2.45) is 0 Å². The number of rotatable bonds is 5. The van der Waals surface area contributed by atoms with E-state index in [0.717, 1.165) is 12.0 Å². The van der Waals surface area contributed by atoms with Crippen molar-refractivity contribution in [3.8, 4) is 11.3 Å². The Balaban J connectivity index is 1.54. The summed E-state index contributed by atoms with van der Waals surface area (Å²) >= 11 is 0. The average Bonchev–Trinajstić information content (AvgIpc) is 3.12. The predicted octanol–water partition coefficient (Wildman–Crippen LogP) is 0.830. The highest BCUT2D eigenvalue weighted by molar-refractivity contribution is 5.75. The number of aromatic nitrogens is 2. The van der Waals surface area contributed by atoms with Crippen molar-refractivity contribution >= 4 is 11.9 Å². The van der Waals surface area contributed by atoms with E-state index < -0.39 is 0 Å². The van der Waals surface area contributed by atoms with Gasteiger partial charge in [-0.25, -0.2) is 9.48 Å². The Morgan fingerprint density at radius 3 is 2.70 bits per heavy atom. The van der Waals surface area contributed by atoms with Crippen LogP contribution in [0, 0.1) is 0 Å². The Labute approximate surface area is 157 Å². The maximum absolute atomic E-state index is 12.2. The van der Waals surface area contributed by atoms with Crippen LogP contribution in [0.3, 0.4) is 0 Å². The summed E-state index contributed by atoms with van der Waals surface area (Å²) in [5.41, 5.74) is 1.42. The van der Waals surface area contributed by atoms with E-state index >= 15 is 0 Å². The van der Waals surface area contributed by atoms with Crippen LogP contribution in [-0.2, 0) is 11.3 Å². The molecule has 1 atom stereocenters. The largest absolute Gasteiger partial charge is 0.352 e. The monoisotopic (exact) mass is 369 g/mol. The van der Waals surface area contributed by atoms with E-state index in [1.165, 1.54) is 17.7 Å². The van der Waals surface area contributed by atoms with E-state index in [1.807, 2.05) is 30.3 Å². The molecule has 142 valence electrons. The highest BCUT2D eigenvalue weighted by Gasteiger charge is 2.26. The molecule has 2 aromatic rings. The second kappa shape index (κ2) is 8.48. The van der Waals surface area contributed by atoms with E-state index in [0.29, 0.717) is 25.3 Å². The van der Waals surface area contributed by atoms with Crippen LogP contribution in [0.5, 0.6) is 0 Å². The lowest BCUT2D eigenvalue weighted by Crippen LogP contribution is -2.43. The van der Waals surface area contributed by atoms with Gasteiger partial charge in [0.2, 0.25) is 5.91 Å². The number of hydrogen-bond acceptors (Lipinski definition) is 4. The molecule has 1 saturated heterocycles. The van der Waals surface area contributed by atoms with Gasteiger partial charge in [0.15, 0.2) is 0 Å². The molecule has 1 aliphatic heterocycles. The minimum absolute atomic E-state index is 0.0000834. The molecular formula is C19H23N5O3. The Bertz CT molecular complexity index is 865. The molecule has 1 aliphatic rings. The van der Waals surface area contributed by atoms with E-state index in [9.17, 15) is 14.4 Å². The minimum Gasteiger partial charge on any atom is -0.352 e. The molecular weight excluding hydrogens is 346 g/mol. The lowest BCUT2D eigenvalue weighted by Gasteiger charge is -2.17. The van der Waals surface area contributed by atoms with Gasteiger partial charge in [-0.3, -0.25) is 9.59 Å². The summed E-state index contributed by atoms with van der Waals surface area (Å²) in [6, 6.07) is 12.6. The molecule has 8 heteroatoms. The Morgan fingerprint density at radius 1 is 1.19 bits per heavy atom. The van der Waals surface area contributed by atoms with Gasteiger partial charge >= 0.3 is 6.03 Å². The molecule has 1 aromatic heterocycles. The van der Waals surface area contributed by atoms with Gasteiger partial charge in [-0.05, 0) is 12.5 Å². The van der Waals surface area contributed by atoms with Gasteiger partial charge < -0.3 is 15.5 Å². The second-order valence-corrected chi connectivity index (χ2v) is 6.51. The zero-order valence-corrected chi connectivity index (χ0v) is 15.2. The van der Waals surface area contributed by atoms with Gasteiger partial charge in [0.05, 0.1) is 12.2 Å². The maximum Gasteiger partial charge on any atom is 0.317 e. The van der Waals surface area contributed by atoms with Crippen molar-refractivity contribution in [1.29, 1.82) is 0 Å². The fraction of sp³-hybridized carbons (Fsp3) is 0.368. The van der Waals surface area contributed by atoms with Crippen molar-refractivity contribution in [2.75, 3.05) is 19.6 Å². The number of amides is 3. The third-order valence-corrected chi connectivity index (χ3v) is 4.42. The predicted molar refractivity (Wildman–Crippen MR) is 101 cm³/mol. The summed E-state index contributed by atoms with van der Waals surface area (Å²) in [7, 11) is 0. The van der Waals surface area contributed by atoms with Gasteiger partial charge in [0, 0.05) is 44.2 Å². The Hall–Kier alpha value is -3.16. The van der Waals surface area contributed by atoms with Gasteiger partial charge in [-0.15, -0.1) is 0 Å². The third kappa shape index (κ3) is 4.93. The lowest BCUT2D eigenvalue weighted by molar-refractivity contribution is -0.119. The van der Waals surface area contributed by atoms with Crippen molar-refractivity contribution in [3.05, 3.63) is 52.8 Å². The molecule has 1 aromatic carbocycles. The summed E-state index contributed by atoms with van der Waals surface area (Å²) < 4.78 is 1.35. The summed E-state index contributed by atoms with van der Waals surface area (Å²) in [6.07, 6.45) is 0.743. The Kier molecular flexibility index (Phi) is 5.85. The van der Waals surface area contributed by atoms with Crippen LogP contribution < -0.4 is 16.2 Å². The van der Waals surface area contributed by atoms with Crippen molar-refractivity contribution in [1.82, 2.24) is 25.3 Å². The van der Waals surface area contributed by atoms with Crippen LogP contribution in [0.2, 0.25) is 0 Å². The van der Waals surface area contributed by atoms with Crippen LogP contribution in [0.15, 0.2) is 47.3 Å². The third-order valence-electron chi connectivity index (χ3n) is 4.42. The molecule has 2 N–H and O–H groups in total. The number of urea groups is 1. The normalized spacial score (nSPS) is 16.2. The molecule has 0 spiro atoms. The molecule has 0 radical (unpaired) electrons. The quantitative estimate of drug-likeness (QED) is 0.816. The van der Waals surface area contributed by atoms with Crippen LogP contribution in [0.25, 0.3) is 11.3 Å². The number of benzene rings is 1. The van der Waals surface area contributed by atoms with Crippen molar-refractivity contribution in [2.45, 2.75) is 25.9 Å². The summed E-state index contributed by atoms with van der Waals surface area (Å²) in [5.74, 6) is -0.0917. The van der Waals surface area contributed by atoms with Crippen LogP contribution in [-0.4, -0.2) is 52.3 Å². The van der Waals surface area contributed by atoms with Crippen molar-refractivity contribution in [3.63, 3.8) is 0 Å². The molecule has 0 bridgehead atoms. The fourth-order valence-electron chi connectivity index (χ4n) is 3.10. The molecule has 0 aliphatic carbocycles. The first-order valence-corrected chi connectivity index (χ1v) is 8.96. The van der Waals surface area contributed by atoms with Gasteiger partial charge in [0.1, 0.15) is 0 Å². The number of hydrogen-bond donors (Lipinski definition) is 2. The summed E-state index contributed by atoms with van der Waals surface area (Å²) in [5, 5.41) is 10.0. The van der Waals surface area contributed by atoms with Gasteiger partial charge in [0.25, 0.3) is 5.56 Å². The van der Waals surface area contributed by atoms with Crippen LogP contribution >= 0.6 is 0 Å². The summed E-state index contributed by atoms with van der Waals surface area (Å²) in [4.78, 5) is 37.0. The topological polar surface area (TPSA) is 96.3 Å². The zero-order chi connectivity index (χ0) is 19.2. The Morgan fingerprint density at radius 2 is 1.96 bits per heavy atom. The second-order valence-electron chi connectivity index (χ2n) is 6.51. The highest BCUT2D eigenvalue weighted by atomic mass is 16.2. The van der Waals surface area contributed by atoms with E-state index in [4.69, 9.17) is 0 Å². The van der Waals surface area contributed by atoms with E-state index in [1.54, 1.807) is 11.0 Å². The molecule has 27 heavy (non-hydrogen) atoms. The first kappa shape index (κ1) is 18.6. The fourth-order valence-corrected chi connectivity index (χ4v) is 3.10. The van der Waals surface area contributed by atoms with E-state index in [-0.39, 0.29) is 30.1 Å². The number of nitrogens with one attached hydrogen (secondary N) is 2. The molecule has 8 nitrogen and oxygen atoms in total. The molecule has 2 heterocycles. The van der Waals surface area contributed by atoms with Crippen molar-refractivity contribution < 1.29 is 9.59 Å². The molecule has 0 saturated carbocycles. The number of carbonyl (C=O) groups excluding carboxylic acids is 2. The molecule has 1 fully saturated rings. The first-order valence-electron chi connectivity index (χ1n) is 8.96. The van der Waals surface area contributed by atoms with E-state index in [2.05, 4.69) is 15.7 Å². The number of nitrogens with zero attached hydrogens (tertiary/aromatic N) is 3. The first-order chi connectivity index (χ1) is 13.0. The lowest BCUT2D eigenvalue weighted by atomic mass is 10.1. The average molecular weight is 369 g/mol. The maximum atomic E-state index is 12.2. The van der Waals surface area contributed by atoms with Gasteiger partial charge in [-0.2, -0.15) is 5.10 Å². The number of likely N-dealkylation sites (tertiary alicyclic amines) is 1. The SMILES string of the molecule is CC(=O)N[C@@H]1CCN(C(=O)NCCn2nc(-c3ccccc3)ccc2=O)C1. The van der Waals surface area contributed by atoms with Crippen LogP contribution in [0.4, 0.5) is 4.79 Å². The smallest absolute Gasteiger partial charge is 0.317 e. The molecule has 3 amide bonds. The zero-order valence-electron chi connectivity index (χ0n) is 15.2. The summed E-state index contributed by atoms with van der Waals surface area (Å²) in [6.45, 7) is 3.14. The van der Waals surface area contributed by atoms with Gasteiger partial charge in [-0.1, -0.05) is 30.3 Å². The van der Waals surface area contributed by atoms with Crippen LogP contribution in [0.1, 0.15) is 13.3 Å². The molecule has 3 rings (SSSR count). The number of carbonyl (C=O) groups is 2. The molecule has 0 unspecified atom stereocenters.